The molecule has 0 rings (SSSR count). The van der Waals surface area contributed by atoms with Gasteiger partial charge in [0.15, 0.2) is 9.67 Å². The van der Waals surface area contributed by atoms with Gasteiger partial charge in [0.05, 0.1) is 0 Å². The molecule has 0 fully saturated rings. The Morgan fingerprint density at radius 1 is 1.31 bits per heavy atom. The van der Waals surface area contributed by atoms with Crippen LogP contribution in [0.2, 0.25) is 0 Å². The van der Waals surface area contributed by atoms with Crippen molar-refractivity contribution in [3.05, 3.63) is 0 Å². The number of halogens is 4. The highest BCUT2D eigenvalue weighted by atomic mass is 35.5. The Kier molecular flexibility index (Phi) is 6.59. The minimum absolute atomic E-state index is 0.0460. The molecule has 0 atom stereocenters. The quantitative estimate of drug-likeness (QED) is 0.369. The summed E-state index contributed by atoms with van der Waals surface area (Å²) in [6.07, 6.45) is -0.763. The Hall–Kier alpha value is 0.1000. The second kappa shape index (κ2) is 6.54. The minimum Gasteiger partial charge on any atom is -0.323 e. The monoisotopic (exact) mass is 266 g/mol. The van der Waals surface area contributed by atoms with E-state index in [1.54, 1.807) is 0 Å². The Morgan fingerprint density at radius 2 is 1.77 bits per heavy atom. The number of hydrogen-bond donors (Lipinski definition) is 1. The van der Waals surface area contributed by atoms with Crippen molar-refractivity contribution >= 4 is 58.2 Å². The molecule has 0 radical (unpaired) electrons. The number of nitrogens with zero attached hydrogens (tertiary/aromatic N) is 1. The largest absolute Gasteiger partial charge is 0.433 e. The van der Waals surface area contributed by atoms with Crippen LogP contribution in [-0.4, -0.2) is 28.5 Å². The molecule has 0 aliphatic carbocycles. The maximum atomic E-state index is 10.5. The van der Waals surface area contributed by atoms with Crippen molar-refractivity contribution in [3.63, 3.8) is 0 Å². The van der Waals surface area contributed by atoms with Gasteiger partial charge in [0.1, 0.15) is 5.71 Å². The van der Waals surface area contributed by atoms with Gasteiger partial charge in [0.2, 0.25) is 0 Å². The predicted octanol–water partition coefficient (Wildman–Crippen LogP) is 2.31. The first-order valence-corrected chi connectivity index (χ1v) is 4.76. The van der Waals surface area contributed by atoms with Crippen molar-refractivity contribution in [2.75, 3.05) is 7.05 Å². The summed E-state index contributed by atoms with van der Waals surface area (Å²) in [4.78, 5) is 12.8. The molecule has 1 amide bonds. The molecule has 4 nitrogen and oxygen atoms in total. The van der Waals surface area contributed by atoms with Gasteiger partial charge in [-0.05, 0) is 0 Å². The lowest BCUT2D eigenvalue weighted by atomic mass is 10.5. The number of alkyl halides is 4. The van der Waals surface area contributed by atoms with Gasteiger partial charge in [-0.3, -0.25) is 4.84 Å². The summed E-state index contributed by atoms with van der Waals surface area (Å²) < 4.78 is 0. The van der Waals surface area contributed by atoms with Crippen molar-refractivity contribution in [1.82, 2.24) is 5.32 Å². The molecule has 8 heteroatoms. The first-order valence-electron chi connectivity index (χ1n) is 3.01. The highest BCUT2D eigenvalue weighted by Crippen LogP contribution is 2.15. The number of rotatable bonds is 3. The molecule has 0 spiro atoms. The fourth-order valence-corrected chi connectivity index (χ4v) is 1.24. The Morgan fingerprint density at radius 3 is 2.08 bits per heavy atom. The third-order valence-electron chi connectivity index (χ3n) is 0.885. The third kappa shape index (κ3) is 5.41. The maximum Gasteiger partial charge on any atom is 0.433 e. The zero-order valence-corrected chi connectivity index (χ0v) is 9.45. The zero-order chi connectivity index (χ0) is 10.4. The highest BCUT2D eigenvalue weighted by molar-refractivity contribution is 6.64. The van der Waals surface area contributed by atoms with E-state index in [1.165, 1.54) is 7.05 Å². The summed E-state index contributed by atoms with van der Waals surface area (Å²) in [6.45, 7) is 0. The van der Waals surface area contributed by atoms with E-state index in [2.05, 4.69) is 15.3 Å². The van der Waals surface area contributed by atoms with E-state index in [1.807, 2.05) is 0 Å². The number of oxime groups is 1. The number of nitrogens with one attached hydrogen (secondary N) is 1. The molecule has 0 aromatic heterocycles. The standard InChI is InChI=1S/C5H6Cl4N2O2/c1-10-5(12)13-11-2(3(6)7)4(8)9/h3-4H,1H3,(H,10,12). The first-order chi connectivity index (χ1) is 5.99. The van der Waals surface area contributed by atoms with Crippen LogP contribution in [-0.2, 0) is 4.84 Å². The molecular formula is C5H6Cl4N2O2. The van der Waals surface area contributed by atoms with Gasteiger partial charge in [-0.25, -0.2) is 4.79 Å². The molecule has 0 aromatic rings. The Balaban J connectivity index is 4.29. The molecule has 0 unspecified atom stereocenters. The summed E-state index contributed by atoms with van der Waals surface area (Å²) in [5, 5.41) is 5.43. The van der Waals surface area contributed by atoms with Gasteiger partial charge >= 0.3 is 6.09 Å². The molecule has 1 N–H and O–H groups in total. The van der Waals surface area contributed by atoms with Crippen molar-refractivity contribution in [2.45, 2.75) is 9.67 Å². The smallest absolute Gasteiger partial charge is 0.323 e. The molecular weight excluding hydrogens is 262 g/mol. The molecule has 0 aliphatic rings. The number of carbonyl (C=O) groups is 1. The van der Waals surface area contributed by atoms with Gasteiger partial charge in [-0.1, -0.05) is 51.6 Å². The lowest BCUT2D eigenvalue weighted by molar-refractivity contribution is 0.153. The van der Waals surface area contributed by atoms with E-state index in [0.717, 1.165) is 0 Å². The normalized spacial score (nSPS) is 10.1. The van der Waals surface area contributed by atoms with Gasteiger partial charge in [0, 0.05) is 7.05 Å². The lowest BCUT2D eigenvalue weighted by Crippen LogP contribution is -2.21. The van der Waals surface area contributed by atoms with Crippen molar-refractivity contribution in [3.8, 4) is 0 Å². The molecule has 0 saturated carbocycles. The minimum atomic E-state index is -1.02. The molecule has 13 heavy (non-hydrogen) atoms. The molecule has 0 saturated heterocycles. The van der Waals surface area contributed by atoms with E-state index in [-0.39, 0.29) is 5.71 Å². The average Bonchev–Trinajstić information content (AvgIpc) is 2.03. The fraction of sp³-hybridized carbons (Fsp3) is 0.600. The van der Waals surface area contributed by atoms with Crippen LogP contribution in [0.1, 0.15) is 0 Å². The van der Waals surface area contributed by atoms with E-state index in [4.69, 9.17) is 46.4 Å². The van der Waals surface area contributed by atoms with Crippen LogP contribution in [0.5, 0.6) is 0 Å². The summed E-state index contributed by atoms with van der Waals surface area (Å²) in [5.41, 5.74) is -0.0460. The van der Waals surface area contributed by atoms with Gasteiger partial charge in [-0.15, -0.1) is 0 Å². The second-order valence-electron chi connectivity index (χ2n) is 1.75. The SMILES string of the molecule is CNC(=O)ON=C(C(Cl)Cl)C(Cl)Cl. The molecule has 0 aliphatic heterocycles. The van der Waals surface area contributed by atoms with Crippen molar-refractivity contribution in [2.24, 2.45) is 5.16 Å². The molecule has 0 heterocycles. The summed E-state index contributed by atoms with van der Waals surface area (Å²) >= 11 is 21.7. The zero-order valence-electron chi connectivity index (χ0n) is 6.43. The number of carbonyl (C=O) groups excluding carboxylic acids is 1. The van der Waals surface area contributed by atoms with Crippen LogP contribution in [0, 0.1) is 0 Å². The van der Waals surface area contributed by atoms with Crippen LogP contribution in [0.15, 0.2) is 5.16 Å². The van der Waals surface area contributed by atoms with Gasteiger partial charge in [-0.2, -0.15) is 0 Å². The average molecular weight is 268 g/mol. The van der Waals surface area contributed by atoms with E-state index in [0.29, 0.717) is 0 Å². The van der Waals surface area contributed by atoms with E-state index >= 15 is 0 Å². The van der Waals surface area contributed by atoms with Gasteiger partial charge in [0.25, 0.3) is 0 Å². The van der Waals surface area contributed by atoms with Crippen LogP contribution in [0.25, 0.3) is 0 Å². The fourth-order valence-electron chi connectivity index (χ4n) is 0.315. The Labute approximate surface area is 95.1 Å². The van der Waals surface area contributed by atoms with Crippen LogP contribution in [0.4, 0.5) is 4.79 Å². The molecule has 0 bridgehead atoms. The predicted molar refractivity (Wildman–Crippen MR) is 54.0 cm³/mol. The van der Waals surface area contributed by atoms with Crippen molar-refractivity contribution < 1.29 is 9.63 Å². The number of amides is 1. The van der Waals surface area contributed by atoms with Crippen LogP contribution in [0.3, 0.4) is 0 Å². The van der Waals surface area contributed by atoms with E-state index in [9.17, 15) is 4.79 Å². The Bertz CT molecular complexity index is 197. The highest BCUT2D eigenvalue weighted by Gasteiger charge is 2.18. The van der Waals surface area contributed by atoms with E-state index < -0.39 is 15.8 Å². The van der Waals surface area contributed by atoms with Gasteiger partial charge < -0.3 is 5.32 Å². The molecule has 76 valence electrons. The summed E-state index contributed by atoms with van der Waals surface area (Å²) in [7, 11) is 1.37. The van der Waals surface area contributed by atoms with Crippen molar-refractivity contribution in [1.29, 1.82) is 0 Å². The third-order valence-corrected chi connectivity index (χ3v) is 1.78. The first kappa shape index (κ1) is 13.1. The maximum absolute atomic E-state index is 10.5. The topological polar surface area (TPSA) is 50.7 Å². The van der Waals surface area contributed by atoms with Crippen LogP contribution >= 0.6 is 46.4 Å². The summed E-state index contributed by atoms with van der Waals surface area (Å²) in [6, 6.07) is 0. The number of hydrogen-bond acceptors (Lipinski definition) is 3. The van der Waals surface area contributed by atoms with Crippen LogP contribution < -0.4 is 5.32 Å². The lowest BCUT2D eigenvalue weighted by Gasteiger charge is -2.05. The molecule has 0 aromatic carbocycles. The second-order valence-corrected chi connectivity index (χ2v) is 3.94. The summed E-state index contributed by atoms with van der Waals surface area (Å²) in [5.74, 6) is 0.